The molecule has 58 heavy (non-hydrogen) atoms. The first-order chi connectivity index (χ1) is 27.7. The van der Waals surface area contributed by atoms with Gasteiger partial charge in [0.1, 0.15) is 13.7 Å². The Hall–Kier alpha value is -5.65. The molecular formula is C52H45IrN3OSi-2. The van der Waals surface area contributed by atoms with Crippen LogP contribution in [0.25, 0.3) is 72.6 Å². The molecule has 3 aromatic heterocycles. The first kappa shape index (κ1) is 39.2. The fourth-order valence-corrected chi connectivity index (χ4v) is 11.5. The number of para-hydroxylation sites is 3. The van der Waals surface area contributed by atoms with Gasteiger partial charge in [-0.15, -0.1) is 54.1 Å². The summed E-state index contributed by atoms with van der Waals surface area (Å²) in [5, 5.41) is 5.23. The summed E-state index contributed by atoms with van der Waals surface area (Å²) in [5.74, 6) is 1.46. The Morgan fingerprint density at radius 2 is 1.40 bits per heavy atom. The molecule has 10 rings (SSSR count). The summed E-state index contributed by atoms with van der Waals surface area (Å²) >= 11 is 0. The molecule has 0 spiro atoms. The molecule has 1 aliphatic rings. The maximum atomic E-state index is 6.53. The molecule has 0 amide bonds. The summed E-state index contributed by atoms with van der Waals surface area (Å²) in [5.41, 5.74) is 13.3. The molecule has 0 saturated carbocycles. The number of rotatable bonds is 6. The summed E-state index contributed by atoms with van der Waals surface area (Å²) in [6.45, 7) is 14.3. The number of benzene rings is 6. The maximum Gasteiger partial charge on any atom is 0.120 e. The number of aromatic nitrogens is 3. The molecule has 1 aliphatic heterocycles. The summed E-state index contributed by atoms with van der Waals surface area (Å²) in [7, 11) is -1.86. The fraction of sp³-hybridized carbons (Fsp3) is 0.154. The first-order valence-electron chi connectivity index (χ1n) is 19.9. The van der Waals surface area contributed by atoms with Gasteiger partial charge in [0.2, 0.25) is 0 Å². The molecule has 289 valence electrons. The zero-order chi connectivity index (χ0) is 39.3. The normalized spacial score (nSPS) is 13.1. The summed E-state index contributed by atoms with van der Waals surface area (Å²) in [4.78, 5) is 9.52. The molecule has 4 heterocycles. The van der Waals surface area contributed by atoms with Crippen LogP contribution < -0.4 is 5.19 Å². The molecular weight excluding hydrogens is 903 g/mol. The largest absolute Gasteiger partial charge is 0.501 e. The monoisotopic (exact) mass is 948 g/mol. The fourth-order valence-electron chi connectivity index (χ4n) is 8.44. The predicted octanol–water partition coefficient (Wildman–Crippen LogP) is 13.2. The number of nitrogens with zero attached hydrogens (tertiary/aromatic N) is 3. The Labute approximate surface area is 355 Å². The molecule has 0 unspecified atom stereocenters. The molecule has 0 bridgehead atoms. The van der Waals surface area contributed by atoms with Crippen molar-refractivity contribution in [3.63, 3.8) is 0 Å². The molecule has 9 aromatic rings. The molecule has 0 N–H and O–H groups in total. The van der Waals surface area contributed by atoms with Gasteiger partial charge in [-0.05, 0) is 86.6 Å². The van der Waals surface area contributed by atoms with Crippen LogP contribution in [0.5, 0.6) is 0 Å². The van der Waals surface area contributed by atoms with E-state index < -0.39 is 8.07 Å². The van der Waals surface area contributed by atoms with Crippen molar-refractivity contribution in [3.8, 4) is 28.3 Å². The average molecular weight is 948 g/mol. The minimum absolute atomic E-state index is 0. The van der Waals surface area contributed by atoms with Crippen LogP contribution in [-0.4, -0.2) is 22.6 Å². The molecule has 0 fully saturated rings. The van der Waals surface area contributed by atoms with Crippen molar-refractivity contribution in [3.05, 3.63) is 180 Å². The van der Waals surface area contributed by atoms with Gasteiger partial charge in [0, 0.05) is 37.4 Å². The molecule has 0 aliphatic carbocycles. The second-order valence-electron chi connectivity index (χ2n) is 16.0. The Balaban J connectivity index is 0.000000309. The van der Waals surface area contributed by atoms with Crippen LogP contribution in [0.2, 0.25) is 13.1 Å². The number of pyridine rings is 1. The van der Waals surface area contributed by atoms with Crippen LogP contribution in [0.4, 0.5) is 0 Å². The van der Waals surface area contributed by atoms with Crippen molar-refractivity contribution >= 4 is 57.5 Å². The van der Waals surface area contributed by atoms with E-state index in [1.165, 1.54) is 38.3 Å². The van der Waals surface area contributed by atoms with Gasteiger partial charge >= 0.3 is 0 Å². The molecule has 6 heteroatoms. The zero-order valence-electron chi connectivity index (χ0n) is 33.7. The van der Waals surface area contributed by atoms with Gasteiger partial charge in [-0.1, -0.05) is 125 Å². The van der Waals surface area contributed by atoms with Gasteiger partial charge < -0.3 is 14.0 Å². The van der Waals surface area contributed by atoms with Crippen LogP contribution in [0.1, 0.15) is 61.8 Å². The van der Waals surface area contributed by atoms with Gasteiger partial charge in [-0.25, -0.2) is 0 Å². The van der Waals surface area contributed by atoms with Crippen LogP contribution >= 0.6 is 0 Å². The van der Waals surface area contributed by atoms with Crippen molar-refractivity contribution in [2.75, 3.05) is 0 Å². The van der Waals surface area contributed by atoms with Crippen LogP contribution in [0, 0.1) is 12.1 Å². The van der Waals surface area contributed by atoms with E-state index in [9.17, 15) is 0 Å². The van der Waals surface area contributed by atoms with E-state index >= 15 is 0 Å². The van der Waals surface area contributed by atoms with Crippen LogP contribution in [0.15, 0.2) is 150 Å². The number of fused-ring (bicyclic) bond motifs is 5. The van der Waals surface area contributed by atoms with E-state index in [2.05, 4.69) is 147 Å². The number of furan rings is 1. The van der Waals surface area contributed by atoms with E-state index in [1.54, 1.807) is 6.20 Å². The Kier molecular flexibility index (Phi) is 10.8. The molecule has 1 radical (unpaired) electrons. The van der Waals surface area contributed by atoms with E-state index in [-0.39, 0.29) is 20.1 Å². The van der Waals surface area contributed by atoms with E-state index in [1.807, 2.05) is 60.7 Å². The van der Waals surface area contributed by atoms with Crippen molar-refractivity contribution < 1.29 is 24.5 Å². The summed E-state index contributed by atoms with van der Waals surface area (Å²) in [6, 6.07) is 55.1. The van der Waals surface area contributed by atoms with Crippen LogP contribution in [-0.2, 0) is 20.1 Å². The van der Waals surface area contributed by atoms with Crippen molar-refractivity contribution in [2.24, 2.45) is 0 Å². The van der Waals surface area contributed by atoms with E-state index in [4.69, 9.17) is 9.40 Å². The maximum absolute atomic E-state index is 6.53. The molecule has 6 aromatic carbocycles. The quantitative estimate of drug-likeness (QED) is 0.123. The smallest absolute Gasteiger partial charge is 0.120 e. The Morgan fingerprint density at radius 3 is 2.12 bits per heavy atom. The average Bonchev–Trinajstić information content (AvgIpc) is 3.90. The van der Waals surface area contributed by atoms with E-state index in [0.29, 0.717) is 11.8 Å². The van der Waals surface area contributed by atoms with Crippen molar-refractivity contribution in [1.29, 1.82) is 0 Å². The molecule has 0 saturated heterocycles. The van der Waals surface area contributed by atoms with E-state index in [0.717, 1.165) is 55.6 Å². The summed E-state index contributed by atoms with van der Waals surface area (Å²) in [6.07, 6.45) is 4.25. The van der Waals surface area contributed by atoms with Gasteiger partial charge in [0.25, 0.3) is 0 Å². The Morgan fingerprint density at radius 1 is 0.690 bits per heavy atom. The molecule has 0 atom stereocenters. The minimum atomic E-state index is -1.86. The third-order valence-electron chi connectivity index (χ3n) is 11.3. The number of hydrogen-bond acceptors (Lipinski definition) is 3. The number of imidazole rings is 1. The minimum Gasteiger partial charge on any atom is -0.501 e. The molecule has 4 nitrogen and oxygen atoms in total. The third-order valence-corrected chi connectivity index (χ3v) is 14.9. The standard InChI is InChI=1S/C41H37N2OSi.C11H8N.Ir/c1-25(2)32-22-28(38-24-27-14-7-12-21-37(27)45(38,5)6)23-33(26(3)4)39(32)43-35-19-10-9-18-34(35)42-41(43)31-17-13-16-30-29-15-8-11-20-36(29)44-40(30)31;1-2-6-10(7-3-1)11-8-4-5-9-12-11;/h7-16,18-26H,1-6H3;1-6,8-9H;/q2*-1;. The van der Waals surface area contributed by atoms with Gasteiger partial charge in [0.05, 0.1) is 22.4 Å². The zero-order valence-corrected chi connectivity index (χ0v) is 37.1. The SMILES string of the molecule is CC(C)c1cc(C2=Cc3ccccc3[Si]2(C)C)cc(C(C)C)c1-n1c(-c2[c-]ccc3c2oc2ccccc23)nc2ccccc21.[Ir].[c-]1ccccc1-c1ccccn1. The van der Waals surface area contributed by atoms with Crippen molar-refractivity contribution in [2.45, 2.75) is 52.6 Å². The predicted molar refractivity (Wildman–Crippen MR) is 241 cm³/mol. The topological polar surface area (TPSA) is 43.9 Å². The summed E-state index contributed by atoms with van der Waals surface area (Å²) < 4.78 is 8.92. The van der Waals surface area contributed by atoms with Gasteiger partial charge in [0.15, 0.2) is 0 Å². The second kappa shape index (κ2) is 15.9. The van der Waals surface area contributed by atoms with Gasteiger partial charge in [-0.3, -0.25) is 4.98 Å². The third kappa shape index (κ3) is 6.89. The van der Waals surface area contributed by atoms with Crippen molar-refractivity contribution in [1.82, 2.24) is 14.5 Å². The van der Waals surface area contributed by atoms with Gasteiger partial charge in [-0.2, -0.15) is 0 Å². The second-order valence-corrected chi connectivity index (χ2v) is 20.4. The van der Waals surface area contributed by atoms with Crippen LogP contribution in [0.3, 0.4) is 0 Å². The first-order valence-corrected chi connectivity index (χ1v) is 22.9. The number of hydrogen-bond donors (Lipinski definition) is 0. The Bertz CT molecular complexity index is 2870.